The molecule has 0 aliphatic rings. The summed E-state index contributed by atoms with van der Waals surface area (Å²) in [5.41, 5.74) is 1.60. The number of unbranched alkanes of at least 4 members (excludes halogenated alkanes) is 6. The molecule has 0 aromatic heterocycles. The fraction of sp³-hybridized carbons (Fsp3) is 0.394. The van der Waals surface area contributed by atoms with Gasteiger partial charge in [-0.15, -0.1) is 0 Å². The summed E-state index contributed by atoms with van der Waals surface area (Å²) >= 11 is 0. The third kappa shape index (κ3) is 4.21. The minimum atomic E-state index is 0.659. The summed E-state index contributed by atoms with van der Waals surface area (Å²) in [6, 6.07) is 25.5. The first-order valence-electron chi connectivity index (χ1n) is 13.4. The third-order valence-corrected chi connectivity index (χ3v) is 7.79. The van der Waals surface area contributed by atoms with E-state index in [9.17, 15) is 0 Å². The molecule has 0 fully saturated rings. The molecule has 33 heavy (non-hydrogen) atoms. The predicted octanol–water partition coefficient (Wildman–Crippen LogP) is 10.8. The minimum absolute atomic E-state index is 0.659. The van der Waals surface area contributed by atoms with E-state index >= 15 is 0 Å². The predicted molar refractivity (Wildman–Crippen MR) is 148 cm³/mol. The SMILES string of the molecule is CCCCCCC(CCCCCC)c1ccc2cccc3c4cccc5cccc(c1c23)c54. The monoisotopic (exact) mass is 434 g/mol. The fourth-order valence-electron chi connectivity index (χ4n) is 6.11. The van der Waals surface area contributed by atoms with Crippen LogP contribution in [0.2, 0.25) is 0 Å². The Morgan fingerprint density at radius 1 is 0.485 bits per heavy atom. The van der Waals surface area contributed by atoms with E-state index in [-0.39, 0.29) is 0 Å². The summed E-state index contributed by atoms with van der Waals surface area (Å²) in [5, 5.41) is 11.5. The summed E-state index contributed by atoms with van der Waals surface area (Å²) in [5.74, 6) is 0.659. The Hall–Kier alpha value is -2.60. The van der Waals surface area contributed by atoms with E-state index in [1.54, 1.807) is 5.56 Å². The van der Waals surface area contributed by atoms with Gasteiger partial charge in [-0.3, -0.25) is 0 Å². The topological polar surface area (TPSA) is 0 Å². The van der Waals surface area contributed by atoms with E-state index < -0.39 is 0 Å². The summed E-state index contributed by atoms with van der Waals surface area (Å²) in [7, 11) is 0. The average Bonchev–Trinajstić information content (AvgIpc) is 2.86. The lowest BCUT2D eigenvalue weighted by Crippen LogP contribution is -2.02. The van der Waals surface area contributed by atoms with Crippen LogP contribution < -0.4 is 0 Å². The van der Waals surface area contributed by atoms with Gasteiger partial charge < -0.3 is 0 Å². The van der Waals surface area contributed by atoms with Crippen LogP contribution >= 0.6 is 0 Å². The van der Waals surface area contributed by atoms with Crippen LogP contribution in [0.5, 0.6) is 0 Å². The quantitative estimate of drug-likeness (QED) is 0.110. The van der Waals surface area contributed by atoms with Crippen LogP contribution in [0.1, 0.15) is 89.5 Å². The van der Waals surface area contributed by atoms with Crippen molar-refractivity contribution >= 4 is 43.1 Å². The normalized spacial score (nSPS) is 12.2. The van der Waals surface area contributed by atoms with E-state index in [4.69, 9.17) is 0 Å². The van der Waals surface area contributed by atoms with Gasteiger partial charge >= 0.3 is 0 Å². The van der Waals surface area contributed by atoms with Crippen LogP contribution in [0.3, 0.4) is 0 Å². The molecule has 0 atom stereocenters. The molecule has 0 radical (unpaired) electrons. The van der Waals surface area contributed by atoms with Crippen molar-refractivity contribution < 1.29 is 0 Å². The second-order valence-corrected chi connectivity index (χ2v) is 10.0. The van der Waals surface area contributed by atoms with Gasteiger partial charge in [0.2, 0.25) is 0 Å². The third-order valence-electron chi connectivity index (χ3n) is 7.79. The Bertz CT molecular complexity index is 1330. The molecule has 0 aliphatic heterocycles. The van der Waals surface area contributed by atoms with Crippen LogP contribution in [0.4, 0.5) is 0 Å². The molecule has 0 spiro atoms. The molecule has 0 amide bonds. The zero-order valence-electron chi connectivity index (χ0n) is 20.5. The molecule has 0 saturated carbocycles. The van der Waals surface area contributed by atoms with Gasteiger partial charge in [0.15, 0.2) is 0 Å². The molecule has 0 nitrogen and oxygen atoms in total. The molecule has 0 saturated heterocycles. The first kappa shape index (κ1) is 22.2. The van der Waals surface area contributed by atoms with Crippen molar-refractivity contribution in [1.82, 2.24) is 0 Å². The first-order valence-corrected chi connectivity index (χ1v) is 13.4. The minimum Gasteiger partial charge on any atom is -0.0654 e. The smallest absolute Gasteiger partial charge is 0.00235 e. The van der Waals surface area contributed by atoms with E-state index in [1.165, 1.54) is 107 Å². The van der Waals surface area contributed by atoms with Gasteiger partial charge in [-0.05, 0) is 67.4 Å². The molecule has 0 aliphatic carbocycles. The molecule has 0 N–H and O–H groups in total. The number of benzene rings is 5. The summed E-state index contributed by atoms with van der Waals surface area (Å²) in [6.07, 6.45) is 13.4. The van der Waals surface area contributed by atoms with Crippen molar-refractivity contribution in [2.45, 2.75) is 84.0 Å². The van der Waals surface area contributed by atoms with Crippen molar-refractivity contribution in [2.75, 3.05) is 0 Å². The largest absolute Gasteiger partial charge is 0.0654 e. The maximum atomic E-state index is 2.48. The second kappa shape index (κ2) is 10.1. The second-order valence-electron chi connectivity index (χ2n) is 10.0. The Morgan fingerprint density at radius 3 is 1.64 bits per heavy atom. The number of hydrogen-bond acceptors (Lipinski definition) is 0. The maximum Gasteiger partial charge on any atom is -0.00235 e. The number of rotatable bonds is 11. The van der Waals surface area contributed by atoms with Gasteiger partial charge in [0, 0.05) is 0 Å². The molecule has 5 aromatic carbocycles. The van der Waals surface area contributed by atoms with Crippen molar-refractivity contribution in [2.24, 2.45) is 0 Å². The molecule has 5 rings (SSSR count). The highest BCUT2D eigenvalue weighted by molar-refractivity contribution is 6.33. The Labute approximate surface area is 199 Å². The van der Waals surface area contributed by atoms with Crippen molar-refractivity contribution in [3.63, 3.8) is 0 Å². The lowest BCUT2D eigenvalue weighted by molar-refractivity contribution is 0.498. The van der Waals surface area contributed by atoms with Crippen molar-refractivity contribution in [3.05, 3.63) is 72.3 Å². The molecular formula is C33H38. The van der Waals surface area contributed by atoms with Gasteiger partial charge in [-0.25, -0.2) is 0 Å². The van der Waals surface area contributed by atoms with Crippen LogP contribution in [-0.2, 0) is 0 Å². The average molecular weight is 435 g/mol. The lowest BCUT2D eigenvalue weighted by atomic mass is 9.81. The van der Waals surface area contributed by atoms with E-state index in [2.05, 4.69) is 80.6 Å². The molecule has 0 bridgehead atoms. The van der Waals surface area contributed by atoms with Crippen LogP contribution in [0.15, 0.2) is 66.7 Å². The Balaban J connectivity index is 1.71. The Kier molecular flexibility index (Phi) is 6.81. The molecule has 5 aromatic rings. The van der Waals surface area contributed by atoms with Crippen LogP contribution in [0.25, 0.3) is 43.1 Å². The first-order chi connectivity index (χ1) is 16.3. The van der Waals surface area contributed by atoms with Gasteiger partial charge in [-0.2, -0.15) is 0 Å². The molecule has 170 valence electrons. The fourth-order valence-corrected chi connectivity index (χ4v) is 6.11. The lowest BCUT2D eigenvalue weighted by Gasteiger charge is -2.23. The Morgan fingerprint density at radius 2 is 1.03 bits per heavy atom. The molecule has 0 heteroatoms. The van der Waals surface area contributed by atoms with E-state index in [0.717, 1.165) is 0 Å². The highest BCUT2D eigenvalue weighted by Gasteiger charge is 2.20. The zero-order chi connectivity index (χ0) is 22.6. The maximum absolute atomic E-state index is 2.48. The number of hydrogen-bond donors (Lipinski definition) is 0. The highest BCUT2D eigenvalue weighted by atomic mass is 14.2. The van der Waals surface area contributed by atoms with Gasteiger partial charge in [-0.1, -0.05) is 132 Å². The van der Waals surface area contributed by atoms with Crippen LogP contribution in [-0.4, -0.2) is 0 Å². The summed E-state index contributed by atoms with van der Waals surface area (Å²) in [4.78, 5) is 0. The van der Waals surface area contributed by atoms with Gasteiger partial charge in [0.05, 0.1) is 0 Å². The molecular weight excluding hydrogens is 396 g/mol. The summed E-state index contributed by atoms with van der Waals surface area (Å²) in [6.45, 7) is 4.63. The molecule has 0 heterocycles. The standard InChI is InChI=1S/C33H38/c1-3-5-7-9-14-24(15-10-8-6-4-2)27-23-22-26-18-12-20-29-28-19-11-16-25-17-13-21-30(31(25)28)33(27)32(26)29/h11-13,16-24H,3-10,14-15H2,1-2H3. The van der Waals surface area contributed by atoms with Gasteiger partial charge in [0.25, 0.3) is 0 Å². The van der Waals surface area contributed by atoms with Crippen LogP contribution in [0, 0.1) is 0 Å². The van der Waals surface area contributed by atoms with E-state index in [1.807, 2.05) is 0 Å². The molecule has 0 unspecified atom stereocenters. The summed E-state index contributed by atoms with van der Waals surface area (Å²) < 4.78 is 0. The van der Waals surface area contributed by atoms with Gasteiger partial charge in [0.1, 0.15) is 0 Å². The van der Waals surface area contributed by atoms with Crippen molar-refractivity contribution in [3.8, 4) is 0 Å². The van der Waals surface area contributed by atoms with E-state index in [0.29, 0.717) is 5.92 Å². The zero-order valence-corrected chi connectivity index (χ0v) is 20.5. The van der Waals surface area contributed by atoms with Crippen molar-refractivity contribution in [1.29, 1.82) is 0 Å². The highest BCUT2D eigenvalue weighted by Crippen LogP contribution is 2.44. The number of fused-ring (bicyclic) bond motifs is 2.